The summed E-state index contributed by atoms with van der Waals surface area (Å²) in [6.45, 7) is -0.0534. The van der Waals surface area contributed by atoms with Gasteiger partial charge in [-0.1, -0.05) is 24.3 Å². The minimum absolute atomic E-state index is 0.0140. The number of ether oxygens (including phenoxy) is 1. The second-order valence-corrected chi connectivity index (χ2v) is 6.67. The first-order valence-corrected chi connectivity index (χ1v) is 8.73. The Balaban J connectivity index is 1.82. The van der Waals surface area contributed by atoms with Crippen LogP contribution in [0.25, 0.3) is 11.2 Å². The predicted molar refractivity (Wildman–Crippen MR) is 98.8 cm³/mol. The highest BCUT2D eigenvalue weighted by atomic mass is 16.5. The van der Waals surface area contributed by atoms with Gasteiger partial charge in [-0.15, -0.1) is 0 Å². The molecule has 10 heteroatoms. The average Bonchev–Trinajstić information content (AvgIpc) is 3.19. The molecule has 0 radical (unpaired) electrons. The van der Waals surface area contributed by atoms with E-state index in [1.165, 1.54) is 15.3 Å². The van der Waals surface area contributed by atoms with Gasteiger partial charge in [0.2, 0.25) is 5.95 Å². The number of carbonyl (C=O) groups is 1. The molecule has 0 bridgehead atoms. The van der Waals surface area contributed by atoms with Crippen molar-refractivity contribution in [3.63, 3.8) is 0 Å². The number of benzene rings is 1. The lowest BCUT2D eigenvalue weighted by molar-refractivity contribution is -0.0505. The fraction of sp³-hybridized carbons (Fsp3) is 0.333. The van der Waals surface area contributed by atoms with E-state index in [-0.39, 0.29) is 31.2 Å². The average molecular weight is 385 g/mol. The normalized spacial score (nSPS) is 22.0. The Morgan fingerprint density at radius 2 is 2.07 bits per heavy atom. The zero-order chi connectivity index (χ0) is 19.8. The molecule has 4 rings (SSSR count). The van der Waals surface area contributed by atoms with E-state index in [2.05, 4.69) is 9.97 Å². The van der Waals surface area contributed by atoms with Gasteiger partial charge in [-0.25, -0.2) is 14.3 Å². The summed E-state index contributed by atoms with van der Waals surface area (Å²) in [4.78, 5) is 32.1. The lowest BCUT2D eigenvalue weighted by atomic mass is 10.1. The molecular weight excluding hydrogens is 366 g/mol. The lowest BCUT2D eigenvalue weighted by Crippen LogP contribution is -2.32. The van der Waals surface area contributed by atoms with Crippen molar-refractivity contribution in [2.75, 3.05) is 12.3 Å². The van der Waals surface area contributed by atoms with Crippen molar-refractivity contribution in [3.8, 4) is 0 Å². The topological polar surface area (TPSA) is 145 Å². The second-order valence-electron chi connectivity index (χ2n) is 6.67. The molecule has 146 valence electrons. The number of nitrogen functional groups attached to an aromatic ring is 1. The number of hydrogen-bond donors (Lipinski definition) is 3. The molecule has 1 aromatic carbocycles. The third-order valence-corrected chi connectivity index (χ3v) is 4.80. The first-order valence-electron chi connectivity index (χ1n) is 8.73. The standard InChI is InChI=1S/C18H19N5O5/c19-17-20-6-13-15(21-17)23(16-14(26)5-12(9-25)28-16)18(27)22(13)7-10-1-3-11(8-24)4-2-10/h1-4,6,8,12,14,16,25-26H,5,7,9H2,(H2,19,20,21)/t12-,14+,16+/m0/s1. The summed E-state index contributed by atoms with van der Waals surface area (Å²) in [5.74, 6) is -0.0140. The summed E-state index contributed by atoms with van der Waals surface area (Å²) in [7, 11) is 0. The first kappa shape index (κ1) is 18.3. The summed E-state index contributed by atoms with van der Waals surface area (Å²) >= 11 is 0. The van der Waals surface area contributed by atoms with Gasteiger partial charge in [0.15, 0.2) is 11.9 Å². The van der Waals surface area contributed by atoms with Gasteiger partial charge in [-0.2, -0.15) is 4.98 Å². The number of nitrogens with two attached hydrogens (primary N) is 1. The van der Waals surface area contributed by atoms with E-state index in [1.807, 2.05) is 0 Å². The number of carbonyl (C=O) groups excluding carboxylic acids is 1. The first-order chi connectivity index (χ1) is 13.5. The number of hydrogen-bond acceptors (Lipinski definition) is 8. The van der Waals surface area contributed by atoms with E-state index in [0.717, 1.165) is 11.8 Å². The number of nitrogens with zero attached hydrogens (tertiary/aromatic N) is 4. The number of fused-ring (bicyclic) bond motifs is 1. The van der Waals surface area contributed by atoms with E-state index in [9.17, 15) is 19.8 Å². The molecule has 1 aliphatic heterocycles. The number of imidazole rings is 1. The molecule has 0 amide bonds. The minimum atomic E-state index is -0.986. The Bertz CT molecular complexity index is 1070. The summed E-state index contributed by atoms with van der Waals surface area (Å²) in [5.41, 5.74) is 7.26. The van der Waals surface area contributed by atoms with Crippen molar-refractivity contribution in [2.24, 2.45) is 0 Å². The molecule has 4 N–H and O–H groups in total. The quantitative estimate of drug-likeness (QED) is 0.507. The van der Waals surface area contributed by atoms with E-state index < -0.39 is 24.1 Å². The summed E-state index contributed by atoms with van der Waals surface area (Å²) < 4.78 is 8.34. The van der Waals surface area contributed by atoms with Crippen LogP contribution in [-0.2, 0) is 11.3 Å². The van der Waals surface area contributed by atoms with Crippen molar-refractivity contribution in [1.29, 1.82) is 0 Å². The van der Waals surface area contributed by atoms with Crippen molar-refractivity contribution < 1.29 is 19.7 Å². The molecule has 1 fully saturated rings. The number of aldehydes is 1. The summed E-state index contributed by atoms with van der Waals surface area (Å²) in [6.07, 6.45) is -0.138. The Labute approximate surface area is 158 Å². The molecule has 3 aromatic rings. The smallest absolute Gasteiger partial charge is 0.332 e. The minimum Gasteiger partial charge on any atom is -0.394 e. The molecule has 0 aliphatic carbocycles. The van der Waals surface area contributed by atoms with Crippen LogP contribution in [0.5, 0.6) is 0 Å². The SMILES string of the molecule is Nc1ncc2c(n1)n([C@@H]1O[C@H](CO)C[C@H]1O)c(=O)n2Cc1ccc(C=O)cc1. The van der Waals surface area contributed by atoms with E-state index in [4.69, 9.17) is 10.5 Å². The van der Waals surface area contributed by atoms with Crippen LogP contribution < -0.4 is 11.4 Å². The summed E-state index contributed by atoms with van der Waals surface area (Å²) in [5, 5.41) is 19.7. The van der Waals surface area contributed by atoms with Gasteiger partial charge in [-0.3, -0.25) is 9.36 Å². The van der Waals surface area contributed by atoms with Gasteiger partial charge in [0.05, 0.1) is 25.5 Å². The molecule has 1 saturated heterocycles. The molecule has 3 heterocycles. The predicted octanol–water partition coefficient (Wildman–Crippen LogP) is -0.323. The second kappa shape index (κ2) is 7.15. The molecule has 2 aromatic heterocycles. The monoisotopic (exact) mass is 385 g/mol. The van der Waals surface area contributed by atoms with Crippen LogP contribution in [0.2, 0.25) is 0 Å². The van der Waals surface area contributed by atoms with Gasteiger partial charge in [0.1, 0.15) is 17.9 Å². The Morgan fingerprint density at radius 3 is 2.71 bits per heavy atom. The van der Waals surface area contributed by atoms with Crippen molar-refractivity contribution in [3.05, 3.63) is 52.1 Å². The van der Waals surface area contributed by atoms with Crippen LogP contribution in [-0.4, -0.2) is 54.4 Å². The van der Waals surface area contributed by atoms with Crippen LogP contribution >= 0.6 is 0 Å². The number of aromatic nitrogens is 4. The molecular formula is C18H19N5O5. The summed E-state index contributed by atoms with van der Waals surface area (Å²) in [6, 6.07) is 6.83. The highest BCUT2D eigenvalue weighted by molar-refractivity contribution is 5.75. The maximum absolute atomic E-state index is 13.2. The Kier molecular flexibility index (Phi) is 4.67. The van der Waals surface area contributed by atoms with E-state index >= 15 is 0 Å². The van der Waals surface area contributed by atoms with Gasteiger partial charge in [0.25, 0.3) is 0 Å². The van der Waals surface area contributed by atoms with Crippen LogP contribution in [0.3, 0.4) is 0 Å². The van der Waals surface area contributed by atoms with Crippen LogP contribution in [0.1, 0.15) is 28.6 Å². The fourth-order valence-electron chi connectivity index (χ4n) is 3.42. The molecule has 0 spiro atoms. The third kappa shape index (κ3) is 3.07. The highest BCUT2D eigenvalue weighted by Gasteiger charge is 2.37. The van der Waals surface area contributed by atoms with Gasteiger partial charge < -0.3 is 20.7 Å². The van der Waals surface area contributed by atoms with Crippen molar-refractivity contribution >= 4 is 23.4 Å². The van der Waals surface area contributed by atoms with Crippen molar-refractivity contribution in [2.45, 2.75) is 31.4 Å². The van der Waals surface area contributed by atoms with Crippen LogP contribution in [0.4, 0.5) is 5.95 Å². The number of anilines is 1. The molecule has 28 heavy (non-hydrogen) atoms. The molecule has 3 atom stereocenters. The third-order valence-electron chi connectivity index (χ3n) is 4.80. The van der Waals surface area contributed by atoms with Crippen LogP contribution in [0.15, 0.2) is 35.3 Å². The largest absolute Gasteiger partial charge is 0.394 e. The van der Waals surface area contributed by atoms with Crippen molar-refractivity contribution in [1.82, 2.24) is 19.1 Å². The number of aliphatic hydroxyl groups excluding tert-OH is 2. The Hall–Kier alpha value is -3.08. The maximum Gasteiger partial charge on any atom is 0.332 e. The molecule has 10 nitrogen and oxygen atoms in total. The fourth-order valence-corrected chi connectivity index (χ4v) is 3.42. The van der Waals surface area contributed by atoms with Gasteiger partial charge in [-0.05, 0) is 5.56 Å². The van der Waals surface area contributed by atoms with Gasteiger partial charge in [0, 0.05) is 12.0 Å². The number of aliphatic hydroxyl groups is 2. The molecule has 0 unspecified atom stereocenters. The zero-order valence-corrected chi connectivity index (χ0v) is 14.8. The zero-order valence-electron chi connectivity index (χ0n) is 14.8. The highest BCUT2D eigenvalue weighted by Crippen LogP contribution is 2.30. The Morgan fingerprint density at radius 1 is 1.32 bits per heavy atom. The number of rotatable bonds is 5. The van der Waals surface area contributed by atoms with Crippen LogP contribution in [0, 0.1) is 0 Å². The van der Waals surface area contributed by atoms with E-state index in [1.54, 1.807) is 24.3 Å². The van der Waals surface area contributed by atoms with E-state index in [0.29, 0.717) is 11.1 Å². The van der Waals surface area contributed by atoms with Gasteiger partial charge >= 0.3 is 5.69 Å². The molecule has 0 saturated carbocycles. The maximum atomic E-state index is 13.2. The molecule has 1 aliphatic rings. The lowest BCUT2D eigenvalue weighted by Gasteiger charge is -2.15.